The first-order valence-electron chi connectivity index (χ1n) is 6.69. The zero-order valence-electron chi connectivity index (χ0n) is 10.4. The van der Waals surface area contributed by atoms with E-state index in [2.05, 4.69) is 4.90 Å². The number of carbonyl (C=O) groups is 1. The second-order valence-electron chi connectivity index (χ2n) is 5.42. The van der Waals surface area contributed by atoms with Crippen LogP contribution in [0.3, 0.4) is 0 Å². The predicted molar refractivity (Wildman–Crippen MR) is 64.8 cm³/mol. The lowest BCUT2D eigenvalue weighted by Crippen LogP contribution is -2.50. The van der Waals surface area contributed by atoms with Crippen LogP contribution < -0.4 is 0 Å². The molecule has 2 rings (SSSR count). The summed E-state index contributed by atoms with van der Waals surface area (Å²) < 4.78 is 5.47. The Balaban J connectivity index is 1.95. The molecule has 98 valence electrons. The van der Waals surface area contributed by atoms with E-state index < -0.39 is 0 Å². The molecule has 4 heteroatoms. The molecule has 4 nitrogen and oxygen atoms in total. The van der Waals surface area contributed by atoms with Gasteiger partial charge in [0.1, 0.15) is 6.29 Å². The number of rotatable bonds is 6. The lowest BCUT2D eigenvalue weighted by atomic mass is 9.81. The lowest BCUT2D eigenvalue weighted by molar-refractivity contribution is -0.127. The Morgan fingerprint density at radius 2 is 2.24 bits per heavy atom. The van der Waals surface area contributed by atoms with Gasteiger partial charge in [-0.05, 0) is 25.7 Å². The molecule has 0 spiro atoms. The van der Waals surface area contributed by atoms with E-state index in [1.807, 2.05) is 0 Å². The van der Waals surface area contributed by atoms with Crippen molar-refractivity contribution in [2.45, 2.75) is 38.1 Å². The number of nitrogens with zero attached hydrogens (tertiary/aromatic N) is 1. The summed E-state index contributed by atoms with van der Waals surface area (Å²) >= 11 is 0. The summed E-state index contributed by atoms with van der Waals surface area (Å²) in [5, 5.41) is 9.13. The van der Waals surface area contributed by atoms with E-state index in [9.17, 15) is 4.79 Å². The van der Waals surface area contributed by atoms with Crippen LogP contribution in [0.15, 0.2) is 0 Å². The molecular weight excluding hydrogens is 218 g/mol. The number of aliphatic hydroxyl groups excluding tert-OH is 1. The molecule has 1 atom stereocenters. The minimum absolute atomic E-state index is 0.173. The first kappa shape index (κ1) is 13.0. The van der Waals surface area contributed by atoms with E-state index in [-0.39, 0.29) is 12.0 Å². The highest BCUT2D eigenvalue weighted by Crippen LogP contribution is 2.32. The van der Waals surface area contributed by atoms with E-state index in [1.54, 1.807) is 0 Å². The Kier molecular flexibility index (Phi) is 4.54. The summed E-state index contributed by atoms with van der Waals surface area (Å²) in [6.45, 7) is 2.93. The fourth-order valence-electron chi connectivity index (χ4n) is 2.80. The molecule has 0 amide bonds. The summed E-state index contributed by atoms with van der Waals surface area (Å²) in [6, 6.07) is 0.570. The summed E-state index contributed by atoms with van der Waals surface area (Å²) in [7, 11) is 0. The molecule has 1 heterocycles. The van der Waals surface area contributed by atoms with Crippen molar-refractivity contribution in [1.29, 1.82) is 0 Å². The van der Waals surface area contributed by atoms with Gasteiger partial charge in [-0.3, -0.25) is 4.90 Å². The number of hydrogen-bond donors (Lipinski definition) is 1. The predicted octanol–water partition coefficient (Wildman–Crippen LogP) is 0.829. The molecule has 1 saturated carbocycles. The zero-order chi connectivity index (χ0) is 12.1. The second kappa shape index (κ2) is 5.94. The normalized spacial score (nSPS) is 30.2. The minimum atomic E-state index is -0.330. The van der Waals surface area contributed by atoms with E-state index >= 15 is 0 Å². The number of hydrogen-bond acceptors (Lipinski definition) is 4. The minimum Gasteiger partial charge on any atom is -0.395 e. The number of ether oxygens (including phenoxy) is 1. The monoisotopic (exact) mass is 241 g/mol. The molecule has 1 saturated heterocycles. The average Bonchev–Trinajstić information content (AvgIpc) is 2.28. The topological polar surface area (TPSA) is 49.8 Å². The van der Waals surface area contributed by atoms with Crippen LogP contribution in [0, 0.1) is 5.41 Å². The quantitative estimate of drug-likeness (QED) is 0.700. The van der Waals surface area contributed by atoms with E-state index in [0.29, 0.717) is 19.2 Å². The van der Waals surface area contributed by atoms with Gasteiger partial charge in [-0.15, -0.1) is 0 Å². The van der Waals surface area contributed by atoms with Crippen molar-refractivity contribution in [3.05, 3.63) is 0 Å². The highest BCUT2D eigenvalue weighted by Gasteiger charge is 2.37. The highest BCUT2D eigenvalue weighted by molar-refractivity contribution is 5.60. The zero-order valence-corrected chi connectivity index (χ0v) is 10.4. The van der Waals surface area contributed by atoms with Gasteiger partial charge < -0.3 is 14.6 Å². The Bertz CT molecular complexity index is 247. The fraction of sp³-hybridized carbons (Fsp3) is 0.923. The first-order valence-corrected chi connectivity index (χ1v) is 6.69. The number of aldehydes is 1. The van der Waals surface area contributed by atoms with Gasteiger partial charge in [0.2, 0.25) is 0 Å². The van der Waals surface area contributed by atoms with Crippen LogP contribution >= 0.6 is 0 Å². The van der Waals surface area contributed by atoms with Gasteiger partial charge in [-0.2, -0.15) is 0 Å². The average molecular weight is 241 g/mol. The van der Waals surface area contributed by atoms with Gasteiger partial charge in [0, 0.05) is 25.7 Å². The van der Waals surface area contributed by atoms with Crippen molar-refractivity contribution in [3.8, 4) is 0 Å². The van der Waals surface area contributed by atoms with Crippen LogP contribution in [0.4, 0.5) is 0 Å². The molecule has 1 unspecified atom stereocenters. The van der Waals surface area contributed by atoms with Crippen LogP contribution in [0.25, 0.3) is 0 Å². The van der Waals surface area contributed by atoms with E-state index in [1.165, 1.54) is 19.3 Å². The molecule has 1 aliphatic heterocycles. The largest absolute Gasteiger partial charge is 0.395 e. The second-order valence-corrected chi connectivity index (χ2v) is 5.42. The van der Waals surface area contributed by atoms with Crippen molar-refractivity contribution in [3.63, 3.8) is 0 Å². The van der Waals surface area contributed by atoms with Gasteiger partial charge in [0.15, 0.2) is 0 Å². The van der Waals surface area contributed by atoms with Crippen LogP contribution in [0.1, 0.15) is 32.1 Å². The Morgan fingerprint density at radius 1 is 1.41 bits per heavy atom. The van der Waals surface area contributed by atoms with E-state index in [4.69, 9.17) is 9.84 Å². The van der Waals surface area contributed by atoms with Crippen LogP contribution in [-0.2, 0) is 9.53 Å². The summed E-state index contributed by atoms with van der Waals surface area (Å²) in [5.41, 5.74) is -0.330. The molecule has 17 heavy (non-hydrogen) atoms. The fourth-order valence-corrected chi connectivity index (χ4v) is 2.80. The van der Waals surface area contributed by atoms with Gasteiger partial charge in [-0.1, -0.05) is 6.42 Å². The summed E-state index contributed by atoms with van der Waals surface area (Å²) in [6.07, 6.45) is 6.65. The maximum atomic E-state index is 11.4. The van der Waals surface area contributed by atoms with Gasteiger partial charge >= 0.3 is 0 Å². The third kappa shape index (κ3) is 3.06. The van der Waals surface area contributed by atoms with Crippen molar-refractivity contribution in [1.82, 2.24) is 4.90 Å². The summed E-state index contributed by atoms with van der Waals surface area (Å²) in [4.78, 5) is 13.7. The van der Waals surface area contributed by atoms with Crippen LogP contribution in [-0.4, -0.2) is 55.2 Å². The Hall–Kier alpha value is -0.450. The van der Waals surface area contributed by atoms with Gasteiger partial charge in [0.05, 0.1) is 18.6 Å². The molecule has 0 radical (unpaired) electrons. The van der Waals surface area contributed by atoms with Crippen LogP contribution in [0.2, 0.25) is 0 Å². The molecule has 0 aromatic heterocycles. The standard InChI is InChI=1S/C13H23NO3/c15-7-6-14(12-3-1-4-12)9-13(10-16)5-2-8-17-11-13/h10,12,15H,1-9,11H2. The van der Waals surface area contributed by atoms with Crippen molar-refractivity contribution < 1.29 is 14.6 Å². The number of carbonyl (C=O) groups excluding carboxylic acids is 1. The molecule has 0 aromatic rings. The third-order valence-corrected chi connectivity index (χ3v) is 4.10. The lowest BCUT2D eigenvalue weighted by Gasteiger charge is -2.43. The van der Waals surface area contributed by atoms with Crippen molar-refractivity contribution in [2.75, 3.05) is 32.9 Å². The van der Waals surface area contributed by atoms with E-state index in [0.717, 1.165) is 32.3 Å². The Morgan fingerprint density at radius 3 is 2.71 bits per heavy atom. The third-order valence-electron chi connectivity index (χ3n) is 4.10. The van der Waals surface area contributed by atoms with Crippen molar-refractivity contribution in [2.24, 2.45) is 5.41 Å². The Labute approximate surface area is 103 Å². The molecule has 2 aliphatic rings. The SMILES string of the molecule is O=CC1(CN(CCO)C2CCC2)CCCOC1. The van der Waals surface area contributed by atoms with Gasteiger partial charge in [0.25, 0.3) is 0 Å². The molecular formula is C13H23NO3. The molecule has 2 fully saturated rings. The molecule has 1 aliphatic carbocycles. The summed E-state index contributed by atoms with van der Waals surface area (Å²) in [5.74, 6) is 0. The molecule has 1 N–H and O–H groups in total. The molecule has 0 aromatic carbocycles. The highest BCUT2D eigenvalue weighted by atomic mass is 16.5. The van der Waals surface area contributed by atoms with Gasteiger partial charge in [-0.25, -0.2) is 0 Å². The first-order chi connectivity index (χ1) is 8.29. The smallest absolute Gasteiger partial charge is 0.129 e. The maximum Gasteiger partial charge on any atom is 0.129 e. The molecule has 0 bridgehead atoms. The van der Waals surface area contributed by atoms with Crippen LogP contribution in [0.5, 0.6) is 0 Å². The number of aliphatic hydroxyl groups is 1. The van der Waals surface area contributed by atoms with Crippen molar-refractivity contribution >= 4 is 6.29 Å². The maximum absolute atomic E-state index is 11.4.